The van der Waals surface area contributed by atoms with Crippen molar-refractivity contribution in [3.63, 3.8) is 0 Å². The van der Waals surface area contributed by atoms with Gasteiger partial charge in [0.05, 0.1) is 5.56 Å². The fraction of sp³-hybridized carbons (Fsp3) is 0. The Kier molecular flexibility index (Phi) is 1.37. The van der Waals surface area contributed by atoms with Crippen molar-refractivity contribution in [3.05, 3.63) is 30.9 Å². The topological polar surface area (TPSA) is 51.8 Å². The molecule has 0 fully saturated rings. The summed E-state index contributed by atoms with van der Waals surface area (Å²) in [6, 6.07) is 3.68. The van der Waals surface area contributed by atoms with Crippen LogP contribution < -0.4 is 0 Å². The Morgan fingerprint density at radius 1 is 1.36 bits per heavy atom. The quantitative estimate of drug-likeness (QED) is 0.606. The van der Waals surface area contributed by atoms with Crippen LogP contribution in [0.1, 0.15) is 0 Å². The first-order chi connectivity index (χ1) is 5.47. The molecule has 0 atom stereocenters. The minimum Gasteiger partial charge on any atom is -0.334 e. The van der Waals surface area contributed by atoms with Crippen LogP contribution in [0.5, 0.6) is 0 Å². The number of pyridine rings is 1. The largest absolute Gasteiger partial charge is 0.334 e. The molecule has 0 saturated heterocycles. The van der Waals surface area contributed by atoms with Crippen molar-refractivity contribution in [2.24, 2.45) is 0 Å². The number of nitrogens with zero attached hydrogens (tertiary/aromatic N) is 3. The lowest BCUT2D eigenvalue weighted by Crippen LogP contribution is -1.76. The van der Waals surface area contributed by atoms with Gasteiger partial charge < -0.3 is 4.52 Å². The predicted octanol–water partition coefficient (Wildman–Crippen LogP) is 1.13. The molecular weight excluding hydrogens is 142 g/mol. The molecule has 54 valence electrons. The lowest BCUT2D eigenvalue weighted by Gasteiger charge is -1.88. The Balaban J connectivity index is 2.46. The third-order valence-corrected chi connectivity index (χ3v) is 1.27. The molecule has 0 N–H and O–H groups in total. The van der Waals surface area contributed by atoms with Gasteiger partial charge in [-0.15, -0.1) is 0 Å². The number of rotatable bonds is 1. The molecule has 0 amide bonds. The van der Waals surface area contributed by atoms with Gasteiger partial charge in [0.2, 0.25) is 0 Å². The van der Waals surface area contributed by atoms with E-state index in [1.165, 1.54) is 6.33 Å². The van der Waals surface area contributed by atoms with Gasteiger partial charge in [0.1, 0.15) is 0 Å². The highest BCUT2D eigenvalue weighted by atomic mass is 16.5. The molecule has 2 aromatic heterocycles. The smallest absolute Gasteiger partial charge is 0.259 e. The van der Waals surface area contributed by atoms with E-state index in [0.29, 0.717) is 5.89 Å². The Hall–Kier alpha value is -1.71. The molecule has 0 radical (unpaired) electrons. The van der Waals surface area contributed by atoms with E-state index in [9.17, 15) is 0 Å². The standard InChI is InChI=1S/C7H5N3O/c1-2-6(4-8-3-1)7-9-5-10-11-7/h1-5H. The van der Waals surface area contributed by atoms with Crippen molar-refractivity contribution in [3.8, 4) is 11.5 Å². The summed E-state index contributed by atoms with van der Waals surface area (Å²) in [6.07, 6.45) is 4.73. The average molecular weight is 147 g/mol. The summed E-state index contributed by atoms with van der Waals surface area (Å²) >= 11 is 0. The van der Waals surface area contributed by atoms with E-state index >= 15 is 0 Å². The van der Waals surface area contributed by atoms with Gasteiger partial charge in [0.25, 0.3) is 5.89 Å². The zero-order chi connectivity index (χ0) is 7.52. The maximum absolute atomic E-state index is 4.82. The van der Waals surface area contributed by atoms with Crippen molar-refractivity contribution in [1.82, 2.24) is 15.1 Å². The molecule has 0 spiro atoms. The van der Waals surface area contributed by atoms with Crippen LogP contribution >= 0.6 is 0 Å². The van der Waals surface area contributed by atoms with Crippen molar-refractivity contribution in [2.45, 2.75) is 0 Å². The maximum atomic E-state index is 4.82. The van der Waals surface area contributed by atoms with E-state index < -0.39 is 0 Å². The van der Waals surface area contributed by atoms with Crippen LogP contribution in [0.25, 0.3) is 11.5 Å². The van der Waals surface area contributed by atoms with Crippen LogP contribution in [-0.4, -0.2) is 15.1 Å². The van der Waals surface area contributed by atoms with Crippen LogP contribution in [0.15, 0.2) is 35.4 Å². The van der Waals surface area contributed by atoms with E-state index in [0.717, 1.165) is 5.56 Å². The Morgan fingerprint density at radius 3 is 3.00 bits per heavy atom. The first-order valence-corrected chi connectivity index (χ1v) is 3.14. The van der Waals surface area contributed by atoms with Crippen molar-refractivity contribution < 1.29 is 4.52 Å². The monoisotopic (exact) mass is 147 g/mol. The Bertz CT molecular complexity index is 317. The molecule has 0 aliphatic carbocycles. The molecule has 11 heavy (non-hydrogen) atoms. The van der Waals surface area contributed by atoms with Gasteiger partial charge >= 0.3 is 0 Å². The average Bonchev–Trinajstić information content (AvgIpc) is 2.58. The van der Waals surface area contributed by atoms with Crippen molar-refractivity contribution in [1.29, 1.82) is 0 Å². The minimum absolute atomic E-state index is 0.498. The van der Waals surface area contributed by atoms with Crippen molar-refractivity contribution >= 4 is 0 Å². The number of hydrogen-bond acceptors (Lipinski definition) is 4. The summed E-state index contributed by atoms with van der Waals surface area (Å²) in [7, 11) is 0. The van der Waals surface area contributed by atoms with Crippen LogP contribution in [-0.2, 0) is 0 Å². The zero-order valence-corrected chi connectivity index (χ0v) is 5.64. The van der Waals surface area contributed by atoms with E-state index in [2.05, 4.69) is 15.1 Å². The van der Waals surface area contributed by atoms with Gasteiger partial charge in [-0.2, -0.15) is 4.98 Å². The SMILES string of the molecule is c1cncc(-c2ncno2)c1. The summed E-state index contributed by atoms with van der Waals surface area (Å²) in [4.78, 5) is 7.78. The van der Waals surface area contributed by atoms with Crippen LogP contribution in [0.4, 0.5) is 0 Å². The molecule has 2 aromatic rings. The second-order valence-corrected chi connectivity index (χ2v) is 1.99. The normalized spacial score (nSPS) is 9.82. The third-order valence-electron chi connectivity index (χ3n) is 1.27. The summed E-state index contributed by atoms with van der Waals surface area (Å²) < 4.78 is 4.82. The molecule has 4 heteroatoms. The zero-order valence-electron chi connectivity index (χ0n) is 5.64. The van der Waals surface area contributed by atoms with E-state index in [1.807, 2.05) is 12.1 Å². The lowest BCUT2D eigenvalue weighted by atomic mass is 10.3. The first-order valence-electron chi connectivity index (χ1n) is 3.14. The molecule has 4 nitrogen and oxygen atoms in total. The van der Waals surface area contributed by atoms with Crippen LogP contribution in [0, 0.1) is 0 Å². The molecule has 0 saturated carbocycles. The highest BCUT2D eigenvalue weighted by Crippen LogP contribution is 2.12. The van der Waals surface area contributed by atoms with Gasteiger partial charge in [-0.1, -0.05) is 5.16 Å². The molecule has 0 aromatic carbocycles. The highest BCUT2D eigenvalue weighted by molar-refractivity contribution is 5.49. The summed E-state index contributed by atoms with van der Waals surface area (Å²) in [5.74, 6) is 0.498. The van der Waals surface area contributed by atoms with Gasteiger partial charge in [-0.05, 0) is 12.1 Å². The summed E-state index contributed by atoms with van der Waals surface area (Å²) in [6.45, 7) is 0. The molecule has 2 heterocycles. The summed E-state index contributed by atoms with van der Waals surface area (Å²) in [5, 5.41) is 3.48. The van der Waals surface area contributed by atoms with Gasteiger partial charge in [-0.25, -0.2) is 0 Å². The maximum Gasteiger partial charge on any atom is 0.259 e. The van der Waals surface area contributed by atoms with E-state index in [1.54, 1.807) is 12.4 Å². The van der Waals surface area contributed by atoms with E-state index in [4.69, 9.17) is 4.52 Å². The second kappa shape index (κ2) is 2.49. The Morgan fingerprint density at radius 2 is 2.36 bits per heavy atom. The van der Waals surface area contributed by atoms with Crippen LogP contribution in [0.2, 0.25) is 0 Å². The van der Waals surface area contributed by atoms with Crippen LogP contribution in [0.3, 0.4) is 0 Å². The Labute approximate surface area is 62.9 Å². The predicted molar refractivity (Wildman–Crippen MR) is 37.5 cm³/mol. The fourth-order valence-corrected chi connectivity index (χ4v) is 0.790. The highest BCUT2D eigenvalue weighted by Gasteiger charge is 2.00. The fourth-order valence-electron chi connectivity index (χ4n) is 0.790. The third kappa shape index (κ3) is 1.10. The molecule has 0 unspecified atom stereocenters. The van der Waals surface area contributed by atoms with Gasteiger partial charge in [-0.3, -0.25) is 4.98 Å². The molecule has 0 aliphatic heterocycles. The van der Waals surface area contributed by atoms with Gasteiger partial charge in [0, 0.05) is 12.4 Å². The first kappa shape index (κ1) is 6.03. The molecule has 2 rings (SSSR count). The van der Waals surface area contributed by atoms with E-state index in [-0.39, 0.29) is 0 Å². The number of aromatic nitrogens is 3. The lowest BCUT2D eigenvalue weighted by molar-refractivity contribution is 0.430. The van der Waals surface area contributed by atoms with Crippen molar-refractivity contribution in [2.75, 3.05) is 0 Å². The number of hydrogen-bond donors (Lipinski definition) is 0. The van der Waals surface area contributed by atoms with Gasteiger partial charge in [0.15, 0.2) is 6.33 Å². The summed E-state index contributed by atoms with van der Waals surface area (Å²) in [5.41, 5.74) is 0.838. The molecular formula is C7H5N3O. The minimum atomic E-state index is 0.498. The molecule has 0 aliphatic rings. The molecule has 0 bridgehead atoms. The second-order valence-electron chi connectivity index (χ2n) is 1.99.